The zero-order valence-corrected chi connectivity index (χ0v) is 15.4. The lowest BCUT2D eigenvalue weighted by molar-refractivity contribution is -0.120. The summed E-state index contributed by atoms with van der Waals surface area (Å²) in [6.45, 7) is 4.05. The number of halogens is 1. The van der Waals surface area contributed by atoms with E-state index in [4.69, 9.17) is 10.5 Å². The third-order valence-corrected chi connectivity index (χ3v) is 4.65. The summed E-state index contributed by atoms with van der Waals surface area (Å²) in [6, 6.07) is 10.9. The Morgan fingerprint density at radius 1 is 1.30 bits per heavy atom. The Balaban J connectivity index is 1.58. The highest BCUT2D eigenvalue weighted by Gasteiger charge is 2.31. The molecule has 7 heteroatoms. The number of hydrogen-bond acceptors (Lipinski definition) is 5. The van der Waals surface area contributed by atoms with Crippen molar-refractivity contribution >= 4 is 17.6 Å². The molecule has 0 bridgehead atoms. The van der Waals surface area contributed by atoms with Crippen LogP contribution in [0.25, 0.3) is 0 Å². The predicted molar refractivity (Wildman–Crippen MR) is 102 cm³/mol. The van der Waals surface area contributed by atoms with Crippen LogP contribution in [0.3, 0.4) is 0 Å². The van der Waals surface area contributed by atoms with Gasteiger partial charge in [0.15, 0.2) is 0 Å². The van der Waals surface area contributed by atoms with Crippen LogP contribution in [0.2, 0.25) is 0 Å². The molecule has 2 aromatic rings. The smallest absolute Gasteiger partial charge is 0.282 e. The van der Waals surface area contributed by atoms with Crippen LogP contribution in [-0.4, -0.2) is 29.6 Å². The van der Waals surface area contributed by atoms with Crippen molar-refractivity contribution in [3.8, 4) is 0 Å². The van der Waals surface area contributed by atoms with E-state index in [2.05, 4.69) is 15.3 Å². The van der Waals surface area contributed by atoms with Crippen LogP contribution in [0.4, 0.5) is 10.1 Å². The number of anilines is 1. The van der Waals surface area contributed by atoms with Crippen molar-refractivity contribution in [1.82, 2.24) is 4.98 Å². The minimum Gasteiger partial charge on any atom is -0.463 e. The van der Waals surface area contributed by atoms with Gasteiger partial charge in [0, 0.05) is 5.69 Å². The third kappa shape index (κ3) is 4.61. The maximum absolute atomic E-state index is 13.1. The van der Waals surface area contributed by atoms with Gasteiger partial charge in [0.25, 0.3) is 6.02 Å². The van der Waals surface area contributed by atoms with Gasteiger partial charge in [0.1, 0.15) is 12.4 Å². The summed E-state index contributed by atoms with van der Waals surface area (Å²) in [5.41, 5.74) is 6.98. The monoisotopic (exact) mass is 370 g/mol. The molecule has 0 saturated heterocycles. The summed E-state index contributed by atoms with van der Waals surface area (Å²) < 4.78 is 18.2. The van der Waals surface area contributed by atoms with Gasteiger partial charge in [0.05, 0.1) is 23.3 Å². The van der Waals surface area contributed by atoms with Gasteiger partial charge in [-0.2, -0.15) is 0 Å². The standard InChI is InChI=1S/C20H23FN4O2/c1-20(2,17-10-6-14(21)11-23-17)18(26)24-15-7-3-13(4-8-15)5-9-16-12-27-19(22)25-16/h3-4,6-8,10-11,16H,5,9,12H2,1-2H3,(H2,22,25)(H,24,26). The summed E-state index contributed by atoms with van der Waals surface area (Å²) in [5, 5.41) is 2.89. The first-order chi connectivity index (χ1) is 12.8. The normalized spacial score (nSPS) is 16.6. The number of aryl methyl sites for hydroxylation is 1. The molecule has 0 fully saturated rings. The number of carbonyl (C=O) groups excluding carboxylic acids is 1. The molecule has 1 aromatic heterocycles. The van der Waals surface area contributed by atoms with Crippen LogP contribution in [0, 0.1) is 5.82 Å². The summed E-state index contributed by atoms with van der Waals surface area (Å²) in [5.74, 6) is -0.634. The fourth-order valence-electron chi connectivity index (χ4n) is 2.82. The first-order valence-corrected chi connectivity index (χ1v) is 8.83. The predicted octanol–water partition coefficient (Wildman–Crippen LogP) is 2.78. The number of hydrogen-bond donors (Lipinski definition) is 2. The molecule has 0 aliphatic carbocycles. The largest absolute Gasteiger partial charge is 0.463 e. The van der Waals surface area contributed by atoms with Crippen LogP contribution in [0.5, 0.6) is 0 Å². The molecule has 3 rings (SSSR count). The zero-order valence-electron chi connectivity index (χ0n) is 15.4. The Morgan fingerprint density at radius 2 is 2.04 bits per heavy atom. The summed E-state index contributed by atoms with van der Waals surface area (Å²) >= 11 is 0. The molecule has 1 amide bonds. The molecule has 2 heterocycles. The van der Waals surface area contributed by atoms with Gasteiger partial charge in [-0.1, -0.05) is 12.1 Å². The number of rotatable bonds is 6. The number of carbonyl (C=O) groups is 1. The molecule has 1 aliphatic heterocycles. The number of aliphatic imine (C=N–C) groups is 1. The van der Waals surface area contributed by atoms with E-state index in [1.54, 1.807) is 13.8 Å². The zero-order chi connectivity index (χ0) is 19.4. The average molecular weight is 370 g/mol. The number of amidine groups is 1. The van der Waals surface area contributed by atoms with Gasteiger partial charge in [-0.15, -0.1) is 0 Å². The average Bonchev–Trinajstić information content (AvgIpc) is 3.07. The van der Waals surface area contributed by atoms with Gasteiger partial charge < -0.3 is 15.8 Å². The van der Waals surface area contributed by atoms with Crippen molar-refractivity contribution in [3.05, 3.63) is 59.7 Å². The summed E-state index contributed by atoms with van der Waals surface area (Å²) in [4.78, 5) is 20.9. The van der Waals surface area contributed by atoms with Crippen molar-refractivity contribution < 1.29 is 13.9 Å². The fourth-order valence-corrected chi connectivity index (χ4v) is 2.82. The molecule has 0 spiro atoms. The Bertz CT molecular complexity index is 832. The maximum atomic E-state index is 13.1. The SMILES string of the molecule is CC(C)(C(=O)Nc1ccc(CCC2COC(N)=N2)cc1)c1ccc(F)cn1. The molecular formula is C20H23FN4O2. The van der Waals surface area contributed by atoms with E-state index in [0.717, 1.165) is 24.6 Å². The Kier molecular flexibility index (Phi) is 5.39. The molecule has 1 aromatic carbocycles. The van der Waals surface area contributed by atoms with Crippen molar-refractivity contribution in [3.63, 3.8) is 0 Å². The highest BCUT2D eigenvalue weighted by atomic mass is 19.1. The van der Waals surface area contributed by atoms with Gasteiger partial charge in [0.2, 0.25) is 5.91 Å². The number of benzene rings is 1. The molecule has 27 heavy (non-hydrogen) atoms. The molecule has 1 aliphatic rings. The van der Waals surface area contributed by atoms with Crippen molar-refractivity contribution in [1.29, 1.82) is 0 Å². The van der Waals surface area contributed by atoms with E-state index in [1.807, 2.05) is 24.3 Å². The highest BCUT2D eigenvalue weighted by molar-refractivity contribution is 5.98. The van der Waals surface area contributed by atoms with Crippen LogP contribution >= 0.6 is 0 Å². The minimum absolute atomic E-state index is 0.105. The van der Waals surface area contributed by atoms with E-state index in [0.29, 0.717) is 18.0 Å². The Morgan fingerprint density at radius 3 is 2.63 bits per heavy atom. The molecule has 3 N–H and O–H groups in total. The molecule has 142 valence electrons. The van der Waals surface area contributed by atoms with Crippen LogP contribution in [0.15, 0.2) is 47.6 Å². The summed E-state index contributed by atoms with van der Waals surface area (Å²) in [6.07, 6.45) is 2.83. The molecule has 6 nitrogen and oxygen atoms in total. The number of nitrogens with two attached hydrogens (primary N) is 1. The second-order valence-corrected chi connectivity index (χ2v) is 7.11. The van der Waals surface area contributed by atoms with E-state index in [9.17, 15) is 9.18 Å². The molecule has 1 unspecified atom stereocenters. The van der Waals surface area contributed by atoms with Crippen LogP contribution in [-0.2, 0) is 21.4 Å². The third-order valence-electron chi connectivity index (χ3n) is 4.65. The fraction of sp³-hybridized carbons (Fsp3) is 0.350. The maximum Gasteiger partial charge on any atom is 0.282 e. The first-order valence-electron chi connectivity index (χ1n) is 8.83. The van der Waals surface area contributed by atoms with Gasteiger partial charge in [-0.25, -0.2) is 9.38 Å². The minimum atomic E-state index is -0.882. The van der Waals surface area contributed by atoms with Gasteiger partial charge in [-0.05, 0) is 56.5 Å². The lowest BCUT2D eigenvalue weighted by Gasteiger charge is -2.23. The molecule has 0 radical (unpaired) electrons. The quantitative estimate of drug-likeness (QED) is 0.818. The molecular weight excluding hydrogens is 347 g/mol. The van der Waals surface area contributed by atoms with E-state index in [-0.39, 0.29) is 18.0 Å². The van der Waals surface area contributed by atoms with Crippen molar-refractivity contribution in [2.75, 3.05) is 11.9 Å². The topological polar surface area (TPSA) is 89.6 Å². The number of pyridine rings is 1. The van der Waals surface area contributed by atoms with Crippen molar-refractivity contribution in [2.45, 2.75) is 38.1 Å². The summed E-state index contributed by atoms with van der Waals surface area (Å²) in [7, 11) is 0. The lowest BCUT2D eigenvalue weighted by atomic mass is 9.87. The molecule has 1 atom stereocenters. The number of aromatic nitrogens is 1. The number of amides is 1. The van der Waals surface area contributed by atoms with E-state index < -0.39 is 11.2 Å². The van der Waals surface area contributed by atoms with Crippen molar-refractivity contribution in [2.24, 2.45) is 10.7 Å². The number of nitrogens with zero attached hydrogens (tertiary/aromatic N) is 2. The van der Waals surface area contributed by atoms with E-state index in [1.165, 1.54) is 12.1 Å². The Hall–Kier alpha value is -2.96. The molecule has 0 saturated carbocycles. The number of ether oxygens (including phenoxy) is 1. The van der Waals surface area contributed by atoms with Crippen LogP contribution in [0.1, 0.15) is 31.5 Å². The Labute approximate surface area is 157 Å². The second kappa shape index (κ2) is 7.73. The second-order valence-electron chi connectivity index (χ2n) is 7.11. The van der Waals surface area contributed by atoms with Gasteiger partial charge in [-0.3, -0.25) is 9.78 Å². The highest BCUT2D eigenvalue weighted by Crippen LogP contribution is 2.24. The lowest BCUT2D eigenvalue weighted by Crippen LogP contribution is -2.35. The van der Waals surface area contributed by atoms with Gasteiger partial charge >= 0.3 is 0 Å². The number of nitrogens with one attached hydrogen (secondary N) is 1. The van der Waals surface area contributed by atoms with E-state index >= 15 is 0 Å². The first kappa shape index (κ1) is 18.8. The van der Waals surface area contributed by atoms with Crippen LogP contribution < -0.4 is 11.1 Å².